The molecule has 2 heterocycles. The van der Waals surface area contributed by atoms with Gasteiger partial charge in [-0.1, -0.05) is 17.7 Å². The summed E-state index contributed by atoms with van der Waals surface area (Å²) in [6.45, 7) is 7.05. The molecular weight excluding hydrogens is 400 g/mol. The highest BCUT2D eigenvalue weighted by Crippen LogP contribution is 2.30. The number of benzene rings is 2. The Morgan fingerprint density at radius 2 is 2.00 bits per heavy atom. The summed E-state index contributed by atoms with van der Waals surface area (Å²) in [6, 6.07) is 12.1. The molecule has 1 saturated heterocycles. The van der Waals surface area contributed by atoms with Crippen molar-refractivity contribution in [3.05, 3.63) is 52.5 Å². The van der Waals surface area contributed by atoms with Gasteiger partial charge < -0.3 is 15.1 Å². The number of rotatable bonds is 4. The number of nitrogens with one attached hydrogen (secondary N) is 1. The first-order valence-corrected chi connectivity index (χ1v) is 10.6. The largest absolute Gasteiger partial charge is 0.366 e. The van der Waals surface area contributed by atoms with Gasteiger partial charge in [0.05, 0.1) is 13.0 Å². The van der Waals surface area contributed by atoms with Crippen molar-refractivity contribution in [1.82, 2.24) is 4.90 Å². The van der Waals surface area contributed by atoms with Gasteiger partial charge in [0.2, 0.25) is 11.8 Å². The molecule has 6 nitrogen and oxygen atoms in total. The molecule has 2 aliphatic heterocycles. The molecule has 2 amide bonds. The lowest BCUT2D eigenvalue weighted by Gasteiger charge is -2.41. The van der Waals surface area contributed by atoms with E-state index in [4.69, 9.17) is 11.6 Å². The number of hydrogen-bond donors (Lipinski definition) is 1. The van der Waals surface area contributed by atoms with Crippen LogP contribution in [0.2, 0.25) is 5.02 Å². The van der Waals surface area contributed by atoms with Gasteiger partial charge in [-0.3, -0.25) is 14.5 Å². The Balaban J connectivity index is 1.34. The Kier molecular flexibility index (Phi) is 5.71. The Morgan fingerprint density at radius 1 is 1.20 bits per heavy atom. The van der Waals surface area contributed by atoms with Crippen molar-refractivity contribution >= 4 is 40.5 Å². The predicted octanol–water partition coefficient (Wildman–Crippen LogP) is 3.32. The van der Waals surface area contributed by atoms with Crippen molar-refractivity contribution in [3.8, 4) is 0 Å². The van der Waals surface area contributed by atoms with Gasteiger partial charge in [-0.15, -0.1) is 0 Å². The average Bonchev–Trinajstić information content (AvgIpc) is 2.98. The van der Waals surface area contributed by atoms with E-state index in [-0.39, 0.29) is 11.8 Å². The summed E-state index contributed by atoms with van der Waals surface area (Å²) in [5.74, 6) is 0.0427. The SMILES string of the molecule is Cc1cc(N2CCN(CC(=O)Nc3ccc4c(c3)N(C)C(=O)C4)C[C@H]2C)ccc1Cl. The fourth-order valence-electron chi connectivity index (χ4n) is 4.29. The van der Waals surface area contributed by atoms with Crippen molar-refractivity contribution in [2.24, 2.45) is 0 Å². The average molecular weight is 427 g/mol. The molecule has 158 valence electrons. The zero-order valence-corrected chi connectivity index (χ0v) is 18.4. The van der Waals surface area contributed by atoms with E-state index in [0.29, 0.717) is 19.0 Å². The molecule has 1 atom stereocenters. The number of aryl methyl sites for hydroxylation is 1. The molecule has 2 aromatic rings. The summed E-state index contributed by atoms with van der Waals surface area (Å²) >= 11 is 6.16. The van der Waals surface area contributed by atoms with E-state index in [0.717, 1.165) is 47.2 Å². The van der Waals surface area contributed by atoms with Crippen LogP contribution >= 0.6 is 11.6 Å². The van der Waals surface area contributed by atoms with Gasteiger partial charge in [-0.25, -0.2) is 0 Å². The minimum Gasteiger partial charge on any atom is -0.366 e. The number of carbonyl (C=O) groups is 2. The molecule has 1 N–H and O–H groups in total. The first-order chi connectivity index (χ1) is 14.3. The summed E-state index contributed by atoms with van der Waals surface area (Å²) in [7, 11) is 1.77. The van der Waals surface area contributed by atoms with Gasteiger partial charge in [0.15, 0.2) is 0 Å². The number of amides is 2. The van der Waals surface area contributed by atoms with E-state index in [1.165, 1.54) is 5.69 Å². The van der Waals surface area contributed by atoms with Crippen LogP contribution in [-0.4, -0.2) is 56.0 Å². The molecule has 0 spiro atoms. The monoisotopic (exact) mass is 426 g/mol. The quantitative estimate of drug-likeness (QED) is 0.814. The van der Waals surface area contributed by atoms with Crippen molar-refractivity contribution in [2.45, 2.75) is 26.3 Å². The molecule has 0 unspecified atom stereocenters. The van der Waals surface area contributed by atoms with Crippen LogP contribution in [0.25, 0.3) is 0 Å². The number of fused-ring (bicyclic) bond motifs is 1. The lowest BCUT2D eigenvalue weighted by Crippen LogP contribution is -2.53. The molecule has 1 fully saturated rings. The smallest absolute Gasteiger partial charge is 0.238 e. The highest BCUT2D eigenvalue weighted by atomic mass is 35.5. The Bertz CT molecular complexity index is 993. The molecule has 0 radical (unpaired) electrons. The van der Waals surface area contributed by atoms with E-state index in [1.807, 2.05) is 31.2 Å². The number of anilines is 3. The summed E-state index contributed by atoms with van der Waals surface area (Å²) < 4.78 is 0. The number of likely N-dealkylation sites (N-methyl/N-ethyl adjacent to an activating group) is 1. The second-order valence-corrected chi connectivity index (χ2v) is 8.64. The molecule has 2 aromatic carbocycles. The van der Waals surface area contributed by atoms with Crippen LogP contribution < -0.4 is 15.1 Å². The second-order valence-electron chi connectivity index (χ2n) is 8.23. The second kappa shape index (κ2) is 8.28. The summed E-state index contributed by atoms with van der Waals surface area (Å²) in [6.07, 6.45) is 0.426. The Labute approximate surface area is 182 Å². The summed E-state index contributed by atoms with van der Waals surface area (Å²) in [5.41, 5.74) is 4.85. The first kappa shape index (κ1) is 20.7. The minimum absolute atomic E-state index is 0.0371. The van der Waals surface area contributed by atoms with E-state index in [1.54, 1.807) is 11.9 Å². The molecular formula is C23H27ClN4O2. The molecule has 0 saturated carbocycles. The minimum atomic E-state index is -0.0371. The fourth-order valence-corrected chi connectivity index (χ4v) is 4.41. The third kappa shape index (κ3) is 4.16. The third-order valence-electron chi connectivity index (χ3n) is 6.00. The van der Waals surface area contributed by atoms with Crippen LogP contribution in [0.1, 0.15) is 18.1 Å². The Hall–Kier alpha value is -2.57. The van der Waals surface area contributed by atoms with Crippen molar-refractivity contribution < 1.29 is 9.59 Å². The van der Waals surface area contributed by atoms with Crippen molar-refractivity contribution in [1.29, 1.82) is 0 Å². The van der Waals surface area contributed by atoms with Crippen LogP contribution in [0.3, 0.4) is 0 Å². The molecule has 0 aliphatic carbocycles. The highest BCUT2D eigenvalue weighted by Gasteiger charge is 2.26. The van der Waals surface area contributed by atoms with Crippen LogP contribution in [0, 0.1) is 6.92 Å². The topological polar surface area (TPSA) is 55.9 Å². The van der Waals surface area contributed by atoms with Gasteiger partial charge in [-0.2, -0.15) is 0 Å². The maximum atomic E-state index is 12.6. The number of nitrogens with zero attached hydrogens (tertiary/aromatic N) is 3. The molecule has 4 rings (SSSR count). The standard InChI is InChI=1S/C23H27ClN4O2/c1-15-10-19(6-7-20(15)24)28-9-8-27(13-16(28)2)14-22(29)25-18-5-4-17-11-23(30)26(3)21(17)12-18/h4-7,10,12,16H,8-9,11,13-14H2,1-3H3,(H,25,29)/t16-/m1/s1. The zero-order chi connectivity index (χ0) is 21.4. The van der Waals surface area contributed by atoms with Gasteiger partial charge in [0.25, 0.3) is 0 Å². The Morgan fingerprint density at radius 3 is 2.73 bits per heavy atom. The molecule has 0 bridgehead atoms. The molecule has 30 heavy (non-hydrogen) atoms. The van der Waals surface area contributed by atoms with E-state index < -0.39 is 0 Å². The van der Waals surface area contributed by atoms with Crippen molar-refractivity contribution in [2.75, 3.05) is 48.3 Å². The molecule has 7 heteroatoms. The summed E-state index contributed by atoms with van der Waals surface area (Å²) in [4.78, 5) is 30.6. The van der Waals surface area contributed by atoms with E-state index >= 15 is 0 Å². The maximum Gasteiger partial charge on any atom is 0.238 e. The van der Waals surface area contributed by atoms with Crippen molar-refractivity contribution in [3.63, 3.8) is 0 Å². The lowest BCUT2D eigenvalue weighted by molar-refractivity contribution is -0.118. The van der Waals surface area contributed by atoms with E-state index in [9.17, 15) is 9.59 Å². The number of piperazine rings is 1. The lowest BCUT2D eigenvalue weighted by atomic mass is 10.1. The molecule has 2 aliphatic rings. The zero-order valence-electron chi connectivity index (χ0n) is 17.6. The van der Waals surface area contributed by atoms with Crippen LogP contribution in [-0.2, 0) is 16.0 Å². The third-order valence-corrected chi connectivity index (χ3v) is 6.42. The van der Waals surface area contributed by atoms with Gasteiger partial charge in [0, 0.05) is 54.8 Å². The number of hydrogen-bond acceptors (Lipinski definition) is 4. The van der Waals surface area contributed by atoms with Crippen LogP contribution in [0.5, 0.6) is 0 Å². The van der Waals surface area contributed by atoms with Crippen LogP contribution in [0.4, 0.5) is 17.1 Å². The fraction of sp³-hybridized carbons (Fsp3) is 0.391. The van der Waals surface area contributed by atoms with Gasteiger partial charge in [-0.05, 0) is 55.3 Å². The van der Waals surface area contributed by atoms with Crippen LogP contribution in [0.15, 0.2) is 36.4 Å². The number of halogens is 1. The van der Waals surface area contributed by atoms with Gasteiger partial charge >= 0.3 is 0 Å². The van der Waals surface area contributed by atoms with Gasteiger partial charge in [0.1, 0.15) is 0 Å². The van der Waals surface area contributed by atoms with E-state index in [2.05, 4.69) is 34.2 Å². The summed E-state index contributed by atoms with van der Waals surface area (Å²) in [5, 5.41) is 3.76. The maximum absolute atomic E-state index is 12.6. The number of carbonyl (C=O) groups excluding carboxylic acids is 2. The first-order valence-electron chi connectivity index (χ1n) is 10.3. The highest BCUT2D eigenvalue weighted by molar-refractivity contribution is 6.31. The molecule has 0 aromatic heterocycles. The predicted molar refractivity (Wildman–Crippen MR) is 122 cm³/mol. The normalized spacial score (nSPS) is 19.2.